The molecule has 0 amide bonds. The molecule has 1 aliphatic rings. The summed E-state index contributed by atoms with van der Waals surface area (Å²) in [6, 6.07) is 1.38. The first kappa shape index (κ1) is 14.0. The zero-order valence-electron chi connectivity index (χ0n) is 11.8. The summed E-state index contributed by atoms with van der Waals surface area (Å²) >= 11 is 0. The third-order valence-electron chi connectivity index (χ3n) is 4.67. The van der Waals surface area contributed by atoms with Crippen molar-refractivity contribution < 1.29 is 0 Å². The average Bonchev–Trinajstić information content (AvgIpc) is 2.32. The molecule has 0 saturated carbocycles. The number of hydrogen-bond donors (Lipinski definition) is 1. The Morgan fingerprint density at radius 3 is 2.12 bits per heavy atom. The van der Waals surface area contributed by atoms with Crippen molar-refractivity contribution in [2.75, 3.05) is 13.1 Å². The summed E-state index contributed by atoms with van der Waals surface area (Å²) in [6.45, 7) is 14.1. The van der Waals surface area contributed by atoms with Gasteiger partial charge in [0, 0.05) is 30.7 Å². The summed E-state index contributed by atoms with van der Waals surface area (Å²) < 4.78 is 0. The zero-order chi connectivity index (χ0) is 12.2. The molecule has 0 spiro atoms. The fraction of sp³-hybridized carbons (Fsp3) is 1.00. The zero-order valence-corrected chi connectivity index (χ0v) is 11.8. The Balaban J connectivity index is 2.85. The van der Waals surface area contributed by atoms with Crippen LogP contribution in [-0.2, 0) is 0 Å². The average molecular weight is 226 g/mol. The van der Waals surface area contributed by atoms with Crippen LogP contribution >= 0.6 is 0 Å². The van der Waals surface area contributed by atoms with Gasteiger partial charge in [0.05, 0.1) is 0 Å². The van der Waals surface area contributed by atoms with Gasteiger partial charge in [0.2, 0.25) is 0 Å². The Hall–Kier alpha value is -0.0800. The molecule has 1 saturated heterocycles. The highest BCUT2D eigenvalue weighted by Crippen LogP contribution is 2.31. The molecule has 1 rings (SSSR count). The molecule has 2 unspecified atom stereocenters. The van der Waals surface area contributed by atoms with Gasteiger partial charge in [-0.2, -0.15) is 0 Å². The van der Waals surface area contributed by atoms with Crippen molar-refractivity contribution in [3.05, 3.63) is 0 Å². The van der Waals surface area contributed by atoms with Gasteiger partial charge in [-0.3, -0.25) is 4.90 Å². The molecule has 0 bridgehead atoms. The number of nitrogens with one attached hydrogen (secondary N) is 1. The highest BCUT2D eigenvalue weighted by Gasteiger charge is 2.38. The van der Waals surface area contributed by atoms with Crippen molar-refractivity contribution in [1.29, 1.82) is 0 Å². The van der Waals surface area contributed by atoms with Gasteiger partial charge >= 0.3 is 0 Å². The molecule has 2 heteroatoms. The Morgan fingerprint density at radius 2 is 1.69 bits per heavy atom. The number of piperazine rings is 1. The fourth-order valence-electron chi connectivity index (χ4n) is 3.26. The molecule has 96 valence electrons. The van der Waals surface area contributed by atoms with E-state index in [2.05, 4.69) is 44.8 Å². The van der Waals surface area contributed by atoms with E-state index >= 15 is 0 Å². The van der Waals surface area contributed by atoms with E-state index in [0.717, 1.165) is 6.04 Å². The number of hydrogen-bond acceptors (Lipinski definition) is 2. The highest BCUT2D eigenvalue weighted by molar-refractivity contribution is 4.95. The second-order valence-corrected chi connectivity index (χ2v) is 5.31. The van der Waals surface area contributed by atoms with E-state index < -0.39 is 0 Å². The molecule has 1 heterocycles. The summed E-state index contributed by atoms with van der Waals surface area (Å²) in [5.41, 5.74) is 0.442. The predicted molar refractivity (Wildman–Crippen MR) is 71.9 cm³/mol. The van der Waals surface area contributed by atoms with E-state index in [4.69, 9.17) is 0 Å². The van der Waals surface area contributed by atoms with E-state index in [1.165, 1.54) is 38.8 Å². The fourth-order valence-corrected chi connectivity index (χ4v) is 3.26. The lowest BCUT2D eigenvalue weighted by Gasteiger charge is -2.51. The molecule has 2 atom stereocenters. The maximum Gasteiger partial charge on any atom is 0.0224 e. The lowest BCUT2D eigenvalue weighted by molar-refractivity contribution is 0.00101. The molecular formula is C14H30N2. The summed E-state index contributed by atoms with van der Waals surface area (Å²) in [7, 11) is 0. The van der Waals surface area contributed by atoms with Crippen LogP contribution in [0.5, 0.6) is 0 Å². The Labute approximate surface area is 102 Å². The van der Waals surface area contributed by atoms with Crippen molar-refractivity contribution in [3.8, 4) is 0 Å². The number of nitrogens with zero attached hydrogens (tertiary/aromatic N) is 1. The first-order valence-corrected chi connectivity index (χ1v) is 7.13. The van der Waals surface area contributed by atoms with Crippen molar-refractivity contribution >= 4 is 0 Å². The molecule has 0 aromatic rings. The first-order valence-electron chi connectivity index (χ1n) is 7.13. The van der Waals surface area contributed by atoms with Gasteiger partial charge in [-0.05, 0) is 32.6 Å². The van der Waals surface area contributed by atoms with Gasteiger partial charge in [-0.1, -0.05) is 27.7 Å². The van der Waals surface area contributed by atoms with Gasteiger partial charge in [0.25, 0.3) is 0 Å². The molecule has 16 heavy (non-hydrogen) atoms. The molecule has 1 aliphatic heterocycles. The van der Waals surface area contributed by atoms with Gasteiger partial charge in [0.1, 0.15) is 0 Å². The molecule has 0 radical (unpaired) electrons. The first-order chi connectivity index (χ1) is 7.63. The molecule has 0 aromatic heterocycles. The SMILES string of the molecule is CCC1CNC(C)CN1C(CC)(CC)CC. The molecule has 2 nitrogen and oxygen atoms in total. The van der Waals surface area contributed by atoms with Crippen LogP contribution in [0.4, 0.5) is 0 Å². The highest BCUT2D eigenvalue weighted by atomic mass is 15.3. The lowest BCUT2D eigenvalue weighted by Crippen LogP contribution is -2.63. The Kier molecular flexibility index (Phi) is 5.26. The molecule has 0 aromatic carbocycles. The van der Waals surface area contributed by atoms with Gasteiger partial charge in [0.15, 0.2) is 0 Å². The van der Waals surface area contributed by atoms with Crippen LogP contribution in [0.1, 0.15) is 60.3 Å². The summed E-state index contributed by atoms with van der Waals surface area (Å²) in [5.74, 6) is 0. The van der Waals surface area contributed by atoms with Crippen LogP contribution in [0.15, 0.2) is 0 Å². The third kappa shape index (κ3) is 2.60. The summed E-state index contributed by atoms with van der Waals surface area (Å²) in [5, 5.41) is 3.62. The maximum atomic E-state index is 3.62. The van der Waals surface area contributed by atoms with E-state index in [-0.39, 0.29) is 0 Å². The quantitative estimate of drug-likeness (QED) is 0.775. The van der Waals surface area contributed by atoms with Crippen molar-refractivity contribution in [1.82, 2.24) is 10.2 Å². The largest absolute Gasteiger partial charge is 0.311 e. The molecule has 1 N–H and O–H groups in total. The summed E-state index contributed by atoms with van der Waals surface area (Å²) in [6.07, 6.45) is 5.11. The van der Waals surface area contributed by atoms with E-state index in [0.29, 0.717) is 11.6 Å². The topological polar surface area (TPSA) is 15.3 Å². The lowest BCUT2D eigenvalue weighted by atomic mass is 9.84. The van der Waals surface area contributed by atoms with Crippen LogP contribution in [-0.4, -0.2) is 35.6 Å². The standard InChI is InChI=1S/C14H30N2/c1-6-13-10-15-12(5)11-16(13)14(7-2,8-3)9-4/h12-13,15H,6-11H2,1-5H3. The Morgan fingerprint density at radius 1 is 1.12 bits per heavy atom. The van der Waals surface area contributed by atoms with E-state index in [9.17, 15) is 0 Å². The molecule has 0 aliphatic carbocycles. The second kappa shape index (κ2) is 6.02. The monoisotopic (exact) mass is 226 g/mol. The van der Waals surface area contributed by atoms with E-state index in [1.54, 1.807) is 0 Å². The van der Waals surface area contributed by atoms with Crippen LogP contribution in [0.25, 0.3) is 0 Å². The normalized spacial score (nSPS) is 28.3. The Bertz CT molecular complexity index is 191. The predicted octanol–water partition coefficient (Wildman–Crippen LogP) is 3.03. The van der Waals surface area contributed by atoms with Crippen LogP contribution in [0.2, 0.25) is 0 Å². The molecule has 1 fully saturated rings. The molecular weight excluding hydrogens is 196 g/mol. The van der Waals surface area contributed by atoms with Crippen LogP contribution in [0, 0.1) is 0 Å². The second-order valence-electron chi connectivity index (χ2n) is 5.31. The van der Waals surface area contributed by atoms with Gasteiger partial charge < -0.3 is 5.32 Å². The van der Waals surface area contributed by atoms with Crippen molar-refractivity contribution in [2.24, 2.45) is 0 Å². The van der Waals surface area contributed by atoms with Crippen LogP contribution in [0.3, 0.4) is 0 Å². The van der Waals surface area contributed by atoms with E-state index in [1.807, 2.05) is 0 Å². The smallest absolute Gasteiger partial charge is 0.0224 e. The minimum absolute atomic E-state index is 0.442. The van der Waals surface area contributed by atoms with Crippen molar-refractivity contribution in [2.45, 2.75) is 77.9 Å². The maximum absolute atomic E-state index is 3.62. The van der Waals surface area contributed by atoms with Gasteiger partial charge in [-0.15, -0.1) is 0 Å². The van der Waals surface area contributed by atoms with Crippen molar-refractivity contribution in [3.63, 3.8) is 0 Å². The number of rotatable bonds is 5. The minimum atomic E-state index is 0.442. The minimum Gasteiger partial charge on any atom is -0.311 e. The van der Waals surface area contributed by atoms with Gasteiger partial charge in [-0.25, -0.2) is 0 Å². The van der Waals surface area contributed by atoms with Crippen LogP contribution < -0.4 is 5.32 Å². The third-order valence-corrected chi connectivity index (χ3v) is 4.67. The summed E-state index contributed by atoms with van der Waals surface area (Å²) in [4.78, 5) is 2.80.